The topological polar surface area (TPSA) is 32.3 Å². The zero-order valence-corrected chi connectivity index (χ0v) is 11.3. The van der Waals surface area contributed by atoms with E-state index in [1.54, 1.807) is 23.5 Å². The molecule has 0 saturated carbocycles. The van der Waals surface area contributed by atoms with Crippen LogP contribution in [0.2, 0.25) is 0 Å². The van der Waals surface area contributed by atoms with Gasteiger partial charge in [-0.05, 0) is 46.3 Å². The number of aliphatic hydroxyl groups excluding tert-OH is 1. The maximum Gasteiger partial charge on any atom is 0.123 e. The van der Waals surface area contributed by atoms with Gasteiger partial charge in [-0.25, -0.2) is 4.39 Å². The molecule has 0 aliphatic heterocycles. The average molecular weight is 316 g/mol. The molecule has 17 heavy (non-hydrogen) atoms. The smallest absolute Gasteiger partial charge is 0.123 e. The van der Waals surface area contributed by atoms with Gasteiger partial charge in [-0.3, -0.25) is 0 Å². The maximum absolute atomic E-state index is 12.8. The third-order valence-corrected chi connectivity index (χ3v) is 4.11. The van der Waals surface area contributed by atoms with Gasteiger partial charge in [0, 0.05) is 20.4 Å². The highest BCUT2D eigenvalue weighted by Crippen LogP contribution is 2.28. The van der Waals surface area contributed by atoms with E-state index < -0.39 is 0 Å². The van der Waals surface area contributed by atoms with E-state index in [1.165, 1.54) is 12.1 Å². The van der Waals surface area contributed by atoms with Crippen molar-refractivity contribution in [2.75, 3.05) is 11.9 Å². The van der Waals surface area contributed by atoms with Crippen LogP contribution in [0, 0.1) is 5.82 Å². The molecule has 5 heteroatoms. The van der Waals surface area contributed by atoms with Gasteiger partial charge >= 0.3 is 0 Å². The highest BCUT2D eigenvalue weighted by atomic mass is 79.9. The van der Waals surface area contributed by atoms with Crippen molar-refractivity contribution in [3.8, 4) is 0 Å². The molecule has 0 bridgehead atoms. The van der Waals surface area contributed by atoms with Crippen LogP contribution in [-0.2, 0) is 0 Å². The Morgan fingerprint density at radius 1 is 1.35 bits per heavy atom. The van der Waals surface area contributed by atoms with Gasteiger partial charge < -0.3 is 10.4 Å². The van der Waals surface area contributed by atoms with Crippen molar-refractivity contribution in [1.29, 1.82) is 0 Å². The average Bonchev–Trinajstić information content (AvgIpc) is 2.75. The number of aliphatic hydroxyl groups is 1. The second-order valence-corrected chi connectivity index (χ2v) is 5.41. The van der Waals surface area contributed by atoms with E-state index in [2.05, 4.69) is 21.2 Å². The quantitative estimate of drug-likeness (QED) is 0.899. The van der Waals surface area contributed by atoms with Crippen LogP contribution in [0.25, 0.3) is 0 Å². The van der Waals surface area contributed by atoms with Crippen LogP contribution < -0.4 is 5.32 Å². The van der Waals surface area contributed by atoms with Gasteiger partial charge in [0.1, 0.15) is 5.82 Å². The fraction of sp³-hybridized carbons (Fsp3) is 0.167. The number of anilines is 1. The molecule has 1 aromatic carbocycles. The standard InChI is InChI=1S/C12H11BrFNOS/c13-8-5-12(17-7-8)11(6-16)15-10-3-1-9(14)2-4-10/h1-5,7,11,15-16H,6H2. The first kappa shape index (κ1) is 12.5. The number of benzene rings is 1. The molecule has 2 aromatic rings. The molecule has 2 rings (SSSR count). The Morgan fingerprint density at radius 3 is 2.59 bits per heavy atom. The van der Waals surface area contributed by atoms with E-state index in [-0.39, 0.29) is 18.5 Å². The molecule has 2 N–H and O–H groups in total. The molecule has 0 spiro atoms. The van der Waals surface area contributed by atoms with Crippen LogP contribution in [0.15, 0.2) is 40.2 Å². The predicted molar refractivity (Wildman–Crippen MR) is 71.9 cm³/mol. The molecule has 0 saturated heterocycles. The number of hydrogen-bond donors (Lipinski definition) is 2. The molecule has 0 radical (unpaired) electrons. The molecule has 2 nitrogen and oxygen atoms in total. The summed E-state index contributed by atoms with van der Waals surface area (Å²) < 4.78 is 13.7. The lowest BCUT2D eigenvalue weighted by Crippen LogP contribution is -2.13. The summed E-state index contributed by atoms with van der Waals surface area (Å²) in [4.78, 5) is 1.03. The molecular weight excluding hydrogens is 305 g/mol. The Bertz CT molecular complexity index is 486. The van der Waals surface area contributed by atoms with E-state index in [4.69, 9.17) is 0 Å². The lowest BCUT2D eigenvalue weighted by atomic mass is 10.2. The monoisotopic (exact) mass is 315 g/mol. The Balaban J connectivity index is 2.12. The van der Waals surface area contributed by atoms with E-state index >= 15 is 0 Å². The number of hydrogen-bond acceptors (Lipinski definition) is 3. The number of nitrogens with one attached hydrogen (secondary N) is 1. The molecular formula is C12H11BrFNOS. The number of rotatable bonds is 4. The summed E-state index contributed by atoms with van der Waals surface area (Å²) in [6.07, 6.45) is 0. The van der Waals surface area contributed by atoms with Gasteiger partial charge in [-0.1, -0.05) is 0 Å². The minimum absolute atomic E-state index is 0.00959. The lowest BCUT2D eigenvalue weighted by Gasteiger charge is -2.15. The summed E-state index contributed by atoms with van der Waals surface area (Å²) in [5.41, 5.74) is 0.787. The first-order chi connectivity index (χ1) is 8.19. The van der Waals surface area contributed by atoms with E-state index in [9.17, 15) is 9.50 Å². The maximum atomic E-state index is 12.8. The molecule has 0 aliphatic carbocycles. The van der Waals surface area contributed by atoms with E-state index in [1.807, 2.05) is 11.4 Å². The van der Waals surface area contributed by atoms with Crippen molar-refractivity contribution in [2.45, 2.75) is 6.04 Å². The first-order valence-electron chi connectivity index (χ1n) is 5.06. The van der Waals surface area contributed by atoms with Crippen LogP contribution >= 0.6 is 27.3 Å². The summed E-state index contributed by atoms with van der Waals surface area (Å²) in [5, 5.41) is 14.5. The third-order valence-electron chi connectivity index (χ3n) is 2.30. The summed E-state index contributed by atoms with van der Waals surface area (Å²) in [6, 6.07) is 7.88. The van der Waals surface area contributed by atoms with Crippen molar-refractivity contribution in [3.63, 3.8) is 0 Å². The zero-order valence-electron chi connectivity index (χ0n) is 8.86. The van der Waals surface area contributed by atoms with Crippen molar-refractivity contribution >= 4 is 33.0 Å². The van der Waals surface area contributed by atoms with Crippen molar-refractivity contribution in [3.05, 3.63) is 50.9 Å². The molecule has 0 amide bonds. The van der Waals surface area contributed by atoms with Crippen molar-refractivity contribution in [2.24, 2.45) is 0 Å². The van der Waals surface area contributed by atoms with Crippen LogP contribution in [-0.4, -0.2) is 11.7 Å². The fourth-order valence-corrected chi connectivity index (χ4v) is 2.95. The Labute approximate surface area is 111 Å². The van der Waals surface area contributed by atoms with Gasteiger partial charge in [0.25, 0.3) is 0 Å². The predicted octanol–water partition coefficient (Wildman–Crippen LogP) is 3.80. The Kier molecular flexibility index (Phi) is 4.15. The molecule has 1 aromatic heterocycles. The summed E-state index contributed by atoms with van der Waals surface area (Å²) >= 11 is 4.94. The molecule has 0 fully saturated rings. The highest BCUT2D eigenvalue weighted by Gasteiger charge is 2.12. The van der Waals surface area contributed by atoms with Crippen LogP contribution in [0.5, 0.6) is 0 Å². The Morgan fingerprint density at radius 2 is 2.06 bits per heavy atom. The van der Waals surface area contributed by atoms with Crippen LogP contribution in [0.1, 0.15) is 10.9 Å². The normalized spacial score (nSPS) is 12.4. The van der Waals surface area contributed by atoms with Crippen molar-refractivity contribution < 1.29 is 9.50 Å². The highest BCUT2D eigenvalue weighted by molar-refractivity contribution is 9.10. The molecule has 1 unspecified atom stereocenters. The number of thiophene rings is 1. The molecule has 90 valence electrons. The first-order valence-corrected chi connectivity index (χ1v) is 6.73. The van der Waals surface area contributed by atoms with E-state index in [0.717, 1.165) is 15.0 Å². The molecule has 1 heterocycles. The second kappa shape index (κ2) is 5.62. The second-order valence-electron chi connectivity index (χ2n) is 3.55. The lowest BCUT2D eigenvalue weighted by molar-refractivity contribution is 0.277. The largest absolute Gasteiger partial charge is 0.394 e. The summed E-state index contributed by atoms with van der Waals surface area (Å²) in [5.74, 6) is -0.269. The van der Waals surface area contributed by atoms with Gasteiger partial charge in [0.15, 0.2) is 0 Å². The van der Waals surface area contributed by atoms with Gasteiger partial charge in [-0.2, -0.15) is 0 Å². The minimum Gasteiger partial charge on any atom is -0.394 e. The molecule has 1 atom stereocenters. The molecule has 0 aliphatic rings. The number of halogens is 2. The fourth-order valence-electron chi connectivity index (χ4n) is 1.47. The zero-order chi connectivity index (χ0) is 12.3. The Hall–Kier alpha value is -0.910. The summed E-state index contributed by atoms with van der Waals surface area (Å²) in [6.45, 7) is -0.00959. The SMILES string of the molecule is OCC(Nc1ccc(F)cc1)c1cc(Br)cs1. The van der Waals surface area contributed by atoms with Gasteiger partial charge in [-0.15, -0.1) is 11.3 Å². The van der Waals surface area contributed by atoms with Crippen LogP contribution in [0.4, 0.5) is 10.1 Å². The van der Waals surface area contributed by atoms with Crippen molar-refractivity contribution in [1.82, 2.24) is 0 Å². The minimum atomic E-state index is -0.269. The third kappa shape index (κ3) is 3.28. The van der Waals surface area contributed by atoms with E-state index in [0.29, 0.717) is 0 Å². The van der Waals surface area contributed by atoms with Gasteiger partial charge in [0.2, 0.25) is 0 Å². The van der Waals surface area contributed by atoms with Crippen LogP contribution in [0.3, 0.4) is 0 Å². The van der Waals surface area contributed by atoms with Gasteiger partial charge in [0.05, 0.1) is 12.6 Å². The summed E-state index contributed by atoms with van der Waals surface area (Å²) in [7, 11) is 0.